The number of ketones is 1. The average Bonchev–Trinajstić information content (AvgIpc) is 3.02. The van der Waals surface area contributed by atoms with Gasteiger partial charge in [0.25, 0.3) is 0 Å². The Hall–Kier alpha value is -4.20. The maximum atomic E-state index is 13.2. The number of anilines is 1. The first-order valence-electron chi connectivity index (χ1n) is 16.9. The summed E-state index contributed by atoms with van der Waals surface area (Å²) in [4.78, 5) is 75.1. The van der Waals surface area contributed by atoms with Gasteiger partial charge in [0, 0.05) is 38.2 Å². The van der Waals surface area contributed by atoms with E-state index in [4.69, 9.17) is 15.2 Å². The molecule has 2 atom stereocenters. The van der Waals surface area contributed by atoms with Crippen LogP contribution in [0.25, 0.3) is 0 Å². The van der Waals surface area contributed by atoms with Crippen LogP contribution in [-0.4, -0.2) is 85.5 Å². The van der Waals surface area contributed by atoms with Gasteiger partial charge >= 0.3 is 12.1 Å². The quantitative estimate of drug-likeness (QED) is 0.120. The highest BCUT2D eigenvalue weighted by Gasteiger charge is 2.24. The van der Waals surface area contributed by atoms with Crippen LogP contribution in [0.4, 0.5) is 15.3 Å². The number of carbonyl (C=O) groups is 6. The van der Waals surface area contributed by atoms with Crippen molar-refractivity contribution in [2.75, 3.05) is 38.6 Å². The Bertz CT molecular complexity index is 1250. The van der Waals surface area contributed by atoms with Gasteiger partial charge in [-0.05, 0) is 69.1 Å². The van der Waals surface area contributed by atoms with Crippen LogP contribution in [0.15, 0.2) is 24.3 Å². The van der Waals surface area contributed by atoms with Crippen LogP contribution in [0.3, 0.4) is 0 Å². The maximum absolute atomic E-state index is 13.2. The molecular weight excluding hydrogens is 632 g/mol. The molecule has 1 aromatic carbocycles. The Morgan fingerprint density at radius 3 is 2.18 bits per heavy atom. The van der Waals surface area contributed by atoms with E-state index in [1.807, 2.05) is 27.7 Å². The van der Waals surface area contributed by atoms with Crippen molar-refractivity contribution in [3.05, 3.63) is 29.8 Å². The molecule has 276 valence electrons. The summed E-state index contributed by atoms with van der Waals surface area (Å²) in [6, 6.07) is 4.92. The lowest BCUT2D eigenvalue weighted by Crippen LogP contribution is -2.47. The zero-order chi connectivity index (χ0) is 37.2. The number of nitrogens with zero attached hydrogens (tertiary/aromatic N) is 1. The fourth-order valence-corrected chi connectivity index (χ4v) is 4.27. The Morgan fingerprint density at radius 2 is 1.59 bits per heavy atom. The van der Waals surface area contributed by atoms with Gasteiger partial charge in [-0.15, -0.1) is 0 Å². The molecule has 2 unspecified atom stereocenters. The number of primary amides is 1. The average molecular weight is 691 g/mol. The lowest BCUT2D eigenvalue weighted by molar-refractivity contribution is -0.129. The van der Waals surface area contributed by atoms with Crippen molar-refractivity contribution in [1.82, 2.24) is 20.9 Å². The second-order valence-corrected chi connectivity index (χ2v) is 14.1. The third kappa shape index (κ3) is 19.4. The van der Waals surface area contributed by atoms with Crippen molar-refractivity contribution in [3.8, 4) is 0 Å². The zero-order valence-electron chi connectivity index (χ0n) is 30.5. The molecule has 0 bridgehead atoms. The van der Waals surface area contributed by atoms with Crippen molar-refractivity contribution in [2.24, 2.45) is 17.1 Å². The molecule has 1 rings (SSSR count). The number of hydrogen-bond donors (Lipinski definition) is 5. The minimum atomic E-state index is -0.969. The summed E-state index contributed by atoms with van der Waals surface area (Å²) in [5, 5.41) is 10.4. The van der Waals surface area contributed by atoms with Crippen molar-refractivity contribution in [1.29, 1.82) is 0 Å². The van der Waals surface area contributed by atoms with E-state index >= 15 is 0 Å². The summed E-state index contributed by atoms with van der Waals surface area (Å²) < 4.78 is 11.3. The van der Waals surface area contributed by atoms with E-state index in [-0.39, 0.29) is 62.1 Å². The molecule has 14 nitrogen and oxygen atoms in total. The van der Waals surface area contributed by atoms with Crippen molar-refractivity contribution in [2.45, 2.75) is 105 Å². The minimum absolute atomic E-state index is 0.0338. The number of carbonyl (C=O) groups excluding carboxylic acids is 6. The molecule has 14 heteroatoms. The van der Waals surface area contributed by atoms with E-state index in [1.54, 1.807) is 24.3 Å². The van der Waals surface area contributed by atoms with Gasteiger partial charge in [-0.2, -0.15) is 0 Å². The summed E-state index contributed by atoms with van der Waals surface area (Å²) in [6.07, 6.45) is 2.13. The third-order valence-electron chi connectivity index (χ3n) is 7.82. The predicted molar refractivity (Wildman–Crippen MR) is 187 cm³/mol. The number of hydrogen-bond acceptors (Lipinski definition) is 8. The van der Waals surface area contributed by atoms with Crippen LogP contribution in [0.2, 0.25) is 0 Å². The Balaban J connectivity index is 2.68. The fraction of sp³-hybridized carbons (Fsp3) is 0.657. The molecule has 0 saturated carbocycles. The molecule has 0 aliphatic rings. The van der Waals surface area contributed by atoms with E-state index < -0.39 is 35.6 Å². The Labute approximate surface area is 291 Å². The van der Waals surface area contributed by atoms with Gasteiger partial charge in [0.2, 0.25) is 17.7 Å². The van der Waals surface area contributed by atoms with Crippen LogP contribution in [-0.2, 0) is 35.3 Å². The molecule has 0 spiro atoms. The molecule has 0 saturated heterocycles. The molecule has 0 fully saturated rings. The van der Waals surface area contributed by atoms with Gasteiger partial charge in [-0.1, -0.05) is 46.8 Å². The zero-order valence-corrected chi connectivity index (χ0v) is 30.5. The number of likely N-dealkylation sites (N-methyl/N-ethyl adjacent to an activating group) is 1. The second-order valence-electron chi connectivity index (χ2n) is 14.1. The van der Waals surface area contributed by atoms with Crippen molar-refractivity contribution in [3.63, 3.8) is 0 Å². The smallest absolute Gasteiger partial charge is 0.410 e. The van der Waals surface area contributed by atoms with Crippen LogP contribution < -0.4 is 27.0 Å². The standard InChI is InChI=1S/C35H58N6O8/c1-9-24(2)28(42)22-41(8)33(47)48-23-25-12-14-26(15-13-25)39-31(45)27(11-10-19-37-32(36)46)40-30(44)21-38-29(43)16-17-35(6,7)49-20-18-34(3,4)5/h12-15,24,27H,9-11,16-23H2,1-8H3,(H,38,43)(H,39,45)(H,40,44)(H3,36,37,46). The SMILES string of the molecule is CCC(C)C(=O)CN(C)C(=O)OCc1ccc(NC(=O)C(CCCNC(N)=O)NC(=O)CNC(=O)CCC(C)(C)OCCC(C)(C)C)cc1. The highest BCUT2D eigenvalue weighted by atomic mass is 16.6. The van der Waals surface area contributed by atoms with E-state index in [2.05, 4.69) is 42.0 Å². The summed E-state index contributed by atoms with van der Waals surface area (Å²) in [5.41, 5.74) is 5.86. The largest absolute Gasteiger partial charge is 0.445 e. The number of nitrogens with two attached hydrogens (primary N) is 1. The second kappa shape index (κ2) is 21.0. The number of rotatable bonds is 21. The number of amides is 6. The molecule has 0 radical (unpaired) electrons. The first kappa shape index (κ1) is 42.8. The van der Waals surface area contributed by atoms with E-state index in [0.29, 0.717) is 37.1 Å². The molecule has 6 N–H and O–H groups in total. The Morgan fingerprint density at radius 1 is 0.939 bits per heavy atom. The molecule has 0 aromatic heterocycles. The first-order chi connectivity index (χ1) is 22.8. The number of Topliss-reactive ketones (excluding diaryl/α,β-unsaturated/α-hetero) is 1. The molecule has 0 aliphatic heterocycles. The van der Waals surface area contributed by atoms with Crippen molar-refractivity contribution >= 4 is 41.3 Å². The summed E-state index contributed by atoms with van der Waals surface area (Å²) >= 11 is 0. The van der Waals surface area contributed by atoms with Crippen LogP contribution in [0.5, 0.6) is 0 Å². The number of urea groups is 1. The molecular formula is C35H58N6O8. The van der Waals surface area contributed by atoms with E-state index in [9.17, 15) is 28.8 Å². The molecule has 49 heavy (non-hydrogen) atoms. The highest BCUT2D eigenvalue weighted by molar-refractivity contribution is 5.97. The number of benzene rings is 1. The maximum Gasteiger partial charge on any atom is 0.410 e. The van der Waals surface area contributed by atoms with Crippen LogP contribution >= 0.6 is 0 Å². The minimum Gasteiger partial charge on any atom is -0.445 e. The first-order valence-corrected chi connectivity index (χ1v) is 16.9. The Kier molecular flexibility index (Phi) is 18.4. The predicted octanol–water partition coefficient (Wildman–Crippen LogP) is 3.87. The lowest BCUT2D eigenvalue weighted by atomic mass is 9.93. The fourth-order valence-electron chi connectivity index (χ4n) is 4.27. The van der Waals surface area contributed by atoms with Crippen LogP contribution in [0.1, 0.15) is 92.6 Å². The number of nitrogens with one attached hydrogen (secondary N) is 4. The highest BCUT2D eigenvalue weighted by Crippen LogP contribution is 2.22. The molecule has 1 aromatic rings. The summed E-state index contributed by atoms with van der Waals surface area (Å²) in [7, 11) is 1.50. The molecule has 6 amide bonds. The lowest BCUT2D eigenvalue weighted by Gasteiger charge is -2.27. The van der Waals surface area contributed by atoms with Gasteiger partial charge in [0.05, 0.1) is 18.7 Å². The van der Waals surface area contributed by atoms with Gasteiger partial charge in [0.1, 0.15) is 12.6 Å². The topological polar surface area (TPSA) is 198 Å². The van der Waals surface area contributed by atoms with E-state index in [0.717, 1.165) is 6.42 Å². The van der Waals surface area contributed by atoms with Gasteiger partial charge in [-0.3, -0.25) is 19.2 Å². The van der Waals surface area contributed by atoms with Crippen molar-refractivity contribution < 1.29 is 38.2 Å². The normalized spacial score (nSPS) is 12.7. The summed E-state index contributed by atoms with van der Waals surface area (Å²) in [6.45, 7) is 14.4. The number of ether oxygens (including phenoxy) is 2. The monoisotopic (exact) mass is 690 g/mol. The summed E-state index contributed by atoms with van der Waals surface area (Å²) in [5.74, 6) is -1.55. The van der Waals surface area contributed by atoms with Gasteiger partial charge < -0.3 is 41.4 Å². The third-order valence-corrected chi connectivity index (χ3v) is 7.82. The van der Waals surface area contributed by atoms with Gasteiger partial charge in [0.15, 0.2) is 5.78 Å². The molecule has 0 heterocycles. The van der Waals surface area contributed by atoms with E-state index in [1.165, 1.54) is 11.9 Å². The van der Waals surface area contributed by atoms with Gasteiger partial charge in [-0.25, -0.2) is 9.59 Å². The van der Waals surface area contributed by atoms with Crippen LogP contribution in [0, 0.1) is 11.3 Å². The molecule has 0 aliphatic carbocycles.